The Morgan fingerprint density at radius 2 is 1.58 bits per heavy atom. The molecular formula is C27H27ClN2O3. The van der Waals surface area contributed by atoms with E-state index in [1.54, 1.807) is 24.3 Å². The van der Waals surface area contributed by atoms with Crippen LogP contribution in [0.2, 0.25) is 5.02 Å². The summed E-state index contributed by atoms with van der Waals surface area (Å²) in [6.45, 7) is 1.24. The quantitative estimate of drug-likeness (QED) is 0.472. The third kappa shape index (κ3) is 6.36. The molecule has 33 heavy (non-hydrogen) atoms. The van der Waals surface area contributed by atoms with Gasteiger partial charge in [-0.05, 0) is 61.2 Å². The van der Waals surface area contributed by atoms with Crippen molar-refractivity contribution in [1.29, 1.82) is 0 Å². The number of hydrogen-bond donors (Lipinski definition) is 1. The standard InChI is InChI=1S/C27H27ClN2O3/c28-24-8-4-5-9-25(24)33-23-13-11-22(12-14-23)29-27(32)21-16-18-30(19-17-21)26(31)15-10-20-6-2-1-3-7-20/h1-9,11-14,21H,10,15-19H2,(H,29,32). The summed E-state index contributed by atoms with van der Waals surface area (Å²) >= 11 is 6.13. The average Bonchev–Trinajstić information content (AvgIpc) is 2.86. The number of piperidine rings is 1. The van der Waals surface area contributed by atoms with Crippen molar-refractivity contribution in [3.05, 3.63) is 89.4 Å². The van der Waals surface area contributed by atoms with Crippen LogP contribution in [-0.2, 0) is 16.0 Å². The molecule has 1 saturated heterocycles. The fourth-order valence-electron chi connectivity index (χ4n) is 3.95. The predicted octanol–water partition coefficient (Wildman–Crippen LogP) is 5.94. The van der Waals surface area contributed by atoms with Gasteiger partial charge >= 0.3 is 0 Å². The number of nitrogens with zero attached hydrogens (tertiary/aromatic N) is 1. The normalized spacial score (nSPS) is 14.0. The Kier molecular flexibility index (Phi) is 7.63. The van der Waals surface area contributed by atoms with Crippen molar-refractivity contribution in [2.45, 2.75) is 25.7 Å². The van der Waals surface area contributed by atoms with Crippen molar-refractivity contribution in [2.75, 3.05) is 18.4 Å². The third-order valence-corrected chi connectivity index (χ3v) is 6.19. The molecule has 0 atom stereocenters. The number of para-hydroxylation sites is 1. The number of aryl methyl sites for hydroxylation is 1. The van der Waals surface area contributed by atoms with Crippen LogP contribution in [-0.4, -0.2) is 29.8 Å². The van der Waals surface area contributed by atoms with Gasteiger partial charge in [-0.1, -0.05) is 54.1 Å². The van der Waals surface area contributed by atoms with Crippen LogP contribution in [0.15, 0.2) is 78.9 Å². The van der Waals surface area contributed by atoms with Crippen molar-refractivity contribution < 1.29 is 14.3 Å². The lowest BCUT2D eigenvalue weighted by Gasteiger charge is -2.31. The molecule has 0 unspecified atom stereocenters. The van der Waals surface area contributed by atoms with Gasteiger partial charge in [0.1, 0.15) is 11.5 Å². The Bertz CT molecular complexity index is 1080. The Labute approximate surface area is 199 Å². The van der Waals surface area contributed by atoms with E-state index in [9.17, 15) is 9.59 Å². The lowest BCUT2D eigenvalue weighted by atomic mass is 9.95. The number of anilines is 1. The average molecular weight is 463 g/mol. The first kappa shape index (κ1) is 22.9. The molecule has 3 aromatic carbocycles. The number of carbonyl (C=O) groups excluding carboxylic acids is 2. The first-order valence-electron chi connectivity index (χ1n) is 11.2. The molecule has 170 valence electrons. The number of ether oxygens (including phenoxy) is 1. The van der Waals surface area contributed by atoms with Gasteiger partial charge in [-0.25, -0.2) is 0 Å². The highest BCUT2D eigenvalue weighted by Gasteiger charge is 2.27. The van der Waals surface area contributed by atoms with E-state index in [0.29, 0.717) is 54.6 Å². The maximum Gasteiger partial charge on any atom is 0.227 e. The summed E-state index contributed by atoms with van der Waals surface area (Å²) < 4.78 is 5.79. The lowest BCUT2D eigenvalue weighted by Crippen LogP contribution is -2.41. The van der Waals surface area contributed by atoms with E-state index in [1.165, 1.54) is 5.56 Å². The van der Waals surface area contributed by atoms with Gasteiger partial charge in [0.15, 0.2) is 0 Å². The zero-order valence-corrected chi connectivity index (χ0v) is 19.1. The number of carbonyl (C=O) groups is 2. The SMILES string of the molecule is O=C(Nc1ccc(Oc2ccccc2Cl)cc1)C1CCN(C(=O)CCc2ccccc2)CC1. The molecule has 1 aliphatic rings. The zero-order chi connectivity index (χ0) is 23.0. The minimum Gasteiger partial charge on any atom is -0.456 e. The van der Waals surface area contributed by atoms with Crippen LogP contribution >= 0.6 is 11.6 Å². The van der Waals surface area contributed by atoms with E-state index >= 15 is 0 Å². The number of amides is 2. The van der Waals surface area contributed by atoms with Crippen LogP contribution in [0.25, 0.3) is 0 Å². The second kappa shape index (κ2) is 11.0. The molecule has 4 rings (SSSR count). The van der Waals surface area contributed by atoms with E-state index < -0.39 is 0 Å². The molecule has 5 nitrogen and oxygen atoms in total. The molecule has 6 heteroatoms. The highest BCUT2D eigenvalue weighted by Crippen LogP contribution is 2.29. The van der Waals surface area contributed by atoms with Crippen molar-refractivity contribution in [2.24, 2.45) is 5.92 Å². The molecule has 0 bridgehead atoms. The van der Waals surface area contributed by atoms with Gasteiger partial charge < -0.3 is 15.0 Å². The molecule has 1 N–H and O–H groups in total. The number of hydrogen-bond acceptors (Lipinski definition) is 3. The van der Waals surface area contributed by atoms with E-state index in [1.807, 2.05) is 59.5 Å². The summed E-state index contributed by atoms with van der Waals surface area (Å²) in [6, 6.07) is 24.5. The highest BCUT2D eigenvalue weighted by molar-refractivity contribution is 6.32. The van der Waals surface area contributed by atoms with Crippen LogP contribution in [0.4, 0.5) is 5.69 Å². The fraction of sp³-hybridized carbons (Fsp3) is 0.259. The van der Waals surface area contributed by atoms with Gasteiger partial charge in [0.05, 0.1) is 5.02 Å². The monoisotopic (exact) mass is 462 g/mol. The number of nitrogens with one attached hydrogen (secondary N) is 1. The minimum absolute atomic E-state index is 0.00819. The molecule has 1 fully saturated rings. The molecule has 2 amide bonds. The molecule has 0 aromatic heterocycles. The molecule has 1 heterocycles. The summed E-state index contributed by atoms with van der Waals surface area (Å²) in [5.74, 6) is 1.28. The number of likely N-dealkylation sites (tertiary alicyclic amines) is 1. The van der Waals surface area contributed by atoms with Gasteiger partial charge in [-0.2, -0.15) is 0 Å². The Morgan fingerprint density at radius 1 is 0.909 bits per heavy atom. The van der Waals surface area contributed by atoms with Crippen LogP contribution in [0.1, 0.15) is 24.8 Å². The second-order valence-electron chi connectivity index (χ2n) is 8.19. The predicted molar refractivity (Wildman–Crippen MR) is 131 cm³/mol. The largest absolute Gasteiger partial charge is 0.456 e. The summed E-state index contributed by atoms with van der Waals surface area (Å²) in [4.78, 5) is 27.1. The van der Waals surface area contributed by atoms with Crippen molar-refractivity contribution in [3.8, 4) is 11.5 Å². The number of benzene rings is 3. The lowest BCUT2D eigenvalue weighted by molar-refractivity contribution is -0.134. The molecule has 0 spiro atoms. The summed E-state index contributed by atoms with van der Waals surface area (Å²) in [7, 11) is 0. The van der Waals surface area contributed by atoms with E-state index in [0.717, 1.165) is 6.42 Å². The summed E-state index contributed by atoms with van der Waals surface area (Å²) in [5.41, 5.74) is 1.89. The second-order valence-corrected chi connectivity index (χ2v) is 8.59. The van der Waals surface area contributed by atoms with Gasteiger partial charge in [0, 0.05) is 31.1 Å². The third-order valence-electron chi connectivity index (χ3n) is 5.88. The van der Waals surface area contributed by atoms with Crippen molar-refractivity contribution >= 4 is 29.1 Å². The van der Waals surface area contributed by atoms with Crippen LogP contribution in [0, 0.1) is 5.92 Å². The molecule has 0 radical (unpaired) electrons. The van der Waals surface area contributed by atoms with Crippen LogP contribution in [0.3, 0.4) is 0 Å². The van der Waals surface area contributed by atoms with Gasteiger partial charge in [0.25, 0.3) is 0 Å². The molecule has 1 aliphatic heterocycles. The molecule has 3 aromatic rings. The van der Waals surface area contributed by atoms with Gasteiger partial charge in [-0.3, -0.25) is 9.59 Å². The zero-order valence-electron chi connectivity index (χ0n) is 18.4. The van der Waals surface area contributed by atoms with E-state index in [4.69, 9.17) is 16.3 Å². The highest BCUT2D eigenvalue weighted by atomic mass is 35.5. The number of rotatable bonds is 7. The number of halogens is 1. The Morgan fingerprint density at radius 3 is 2.27 bits per heavy atom. The molecule has 0 saturated carbocycles. The maximum absolute atomic E-state index is 12.7. The van der Waals surface area contributed by atoms with Gasteiger partial charge in [0.2, 0.25) is 11.8 Å². The first-order chi connectivity index (χ1) is 16.1. The van der Waals surface area contributed by atoms with Crippen molar-refractivity contribution in [1.82, 2.24) is 4.90 Å². The van der Waals surface area contributed by atoms with Crippen molar-refractivity contribution in [3.63, 3.8) is 0 Å². The smallest absolute Gasteiger partial charge is 0.227 e. The van der Waals surface area contributed by atoms with Gasteiger partial charge in [-0.15, -0.1) is 0 Å². The summed E-state index contributed by atoms with van der Waals surface area (Å²) in [5, 5.41) is 3.52. The molecule has 0 aliphatic carbocycles. The Hall–Kier alpha value is -3.31. The summed E-state index contributed by atoms with van der Waals surface area (Å²) in [6.07, 6.45) is 2.60. The van der Waals surface area contributed by atoms with E-state index in [2.05, 4.69) is 5.32 Å². The fourth-order valence-corrected chi connectivity index (χ4v) is 4.12. The Balaban J connectivity index is 1.22. The van der Waals surface area contributed by atoms with E-state index in [-0.39, 0.29) is 17.7 Å². The molecular weight excluding hydrogens is 436 g/mol. The first-order valence-corrected chi connectivity index (χ1v) is 11.6. The topological polar surface area (TPSA) is 58.6 Å². The van der Waals surface area contributed by atoms with Crippen LogP contribution < -0.4 is 10.1 Å². The maximum atomic E-state index is 12.7. The minimum atomic E-state index is -0.0952. The van der Waals surface area contributed by atoms with Crippen LogP contribution in [0.5, 0.6) is 11.5 Å².